The Morgan fingerprint density at radius 3 is 2.83 bits per heavy atom. The van der Waals surface area contributed by atoms with Crippen LogP contribution in [0.5, 0.6) is 0 Å². The van der Waals surface area contributed by atoms with E-state index >= 15 is 0 Å². The van der Waals surface area contributed by atoms with Crippen LogP contribution in [0.4, 0.5) is 0 Å². The van der Waals surface area contributed by atoms with Gasteiger partial charge >= 0.3 is 0 Å². The van der Waals surface area contributed by atoms with Crippen LogP contribution >= 0.6 is 11.3 Å². The predicted octanol–water partition coefficient (Wildman–Crippen LogP) is 3.20. The van der Waals surface area contributed by atoms with Gasteiger partial charge in [0.2, 0.25) is 5.91 Å². The number of carbonyl (C=O) groups is 1. The number of benzene rings is 1. The molecule has 2 aromatic rings. The highest BCUT2D eigenvalue weighted by Gasteiger charge is 2.28. The first-order chi connectivity index (χ1) is 11.8. The molecule has 1 aliphatic heterocycles. The van der Waals surface area contributed by atoms with Gasteiger partial charge in [-0.1, -0.05) is 37.3 Å². The molecule has 1 aromatic carbocycles. The van der Waals surface area contributed by atoms with Crippen LogP contribution in [0.3, 0.4) is 0 Å². The van der Waals surface area contributed by atoms with E-state index in [1.807, 2.05) is 23.7 Å². The summed E-state index contributed by atoms with van der Waals surface area (Å²) in [7, 11) is 0. The molecule has 5 heteroatoms. The van der Waals surface area contributed by atoms with E-state index in [-0.39, 0.29) is 11.9 Å². The summed E-state index contributed by atoms with van der Waals surface area (Å²) in [6.07, 6.45) is 2.57. The Hall–Kier alpha value is -1.72. The molecule has 0 aliphatic carbocycles. The predicted molar refractivity (Wildman–Crippen MR) is 97.9 cm³/mol. The van der Waals surface area contributed by atoms with Crippen molar-refractivity contribution in [1.29, 1.82) is 0 Å². The van der Waals surface area contributed by atoms with Gasteiger partial charge in [-0.3, -0.25) is 4.79 Å². The quantitative estimate of drug-likeness (QED) is 0.808. The van der Waals surface area contributed by atoms with Crippen LogP contribution in [0, 0.1) is 0 Å². The average Bonchev–Trinajstić information content (AvgIpc) is 3.08. The first-order valence-corrected chi connectivity index (χ1v) is 9.63. The topological polar surface area (TPSA) is 36.4 Å². The van der Waals surface area contributed by atoms with E-state index in [2.05, 4.69) is 39.2 Å². The maximum atomic E-state index is 12.7. The van der Waals surface area contributed by atoms with E-state index in [0.29, 0.717) is 6.42 Å². The normalized spacial score (nSPS) is 19.5. The zero-order valence-electron chi connectivity index (χ0n) is 14.2. The molecule has 0 bridgehead atoms. The van der Waals surface area contributed by atoms with Crippen molar-refractivity contribution in [3.63, 3.8) is 0 Å². The third-order valence-electron chi connectivity index (χ3n) is 4.71. The smallest absolute Gasteiger partial charge is 0.224 e. The minimum absolute atomic E-state index is 0.280. The molecule has 1 aliphatic rings. The van der Waals surface area contributed by atoms with Crippen LogP contribution in [0.15, 0.2) is 41.2 Å². The van der Waals surface area contributed by atoms with Crippen LogP contribution in [0.2, 0.25) is 0 Å². The van der Waals surface area contributed by atoms with E-state index in [9.17, 15) is 4.79 Å². The zero-order valence-corrected chi connectivity index (χ0v) is 15.0. The maximum Gasteiger partial charge on any atom is 0.224 e. The Morgan fingerprint density at radius 1 is 1.29 bits per heavy atom. The Balaban J connectivity index is 1.64. The van der Waals surface area contributed by atoms with Crippen molar-refractivity contribution in [1.82, 2.24) is 14.8 Å². The molecule has 0 radical (unpaired) electrons. The summed E-state index contributed by atoms with van der Waals surface area (Å²) < 4.78 is 0. The third-order valence-corrected chi connectivity index (χ3v) is 5.34. The van der Waals surface area contributed by atoms with Gasteiger partial charge < -0.3 is 9.80 Å². The summed E-state index contributed by atoms with van der Waals surface area (Å²) in [5.41, 5.74) is 4.25. The SMILES string of the molecule is CC[C@H]1CN(CCc2cscn2)CCC(=O)N1Cc1ccccc1. The van der Waals surface area contributed by atoms with Crippen molar-refractivity contribution in [2.75, 3.05) is 19.6 Å². The first kappa shape index (κ1) is 17.1. The Kier molecular flexibility index (Phi) is 5.99. The minimum atomic E-state index is 0.280. The summed E-state index contributed by atoms with van der Waals surface area (Å²) in [5.74, 6) is 0.280. The molecule has 3 rings (SSSR count). The summed E-state index contributed by atoms with van der Waals surface area (Å²) in [4.78, 5) is 21.5. The van der Waals surface area contributed by atoms with Crippen LogP contribution in [0.1, 0.15) is 31.0 Å². The number of aromatic nitrogens is 1. The van der Waals surface area contributed by atoms with Gasteiger partial charge in [-0.25, -0.2) is 4.98 Å². The van der Waals surface area contributed by atoms with Gasteiger partial charge in [0, 0.05) is 50.4 Å². The second-order valence-electron chi connectivity index (χ2n) is 6.35. The molecule has 1 amide bonds. The first-order valence-electron chi connectivity index (χ1n) is 8.69. The van der Waals surface area contributed by atoms with Crippen molar-refractivity contribution in [2.45, 2.75) is 38.8 Å². The lowest BCUT2D eigenvalue weighted by molar-refractivity contribution is -0.133. The number of hydrogen-bond donors (Lipinski definition) is 0. The molecule has 4 nitrogen and oxygen atoms in total. The van der Waals surface area contributed by atoms with E-state index in [1.165, 1.54) is 5.56 Å². The molecule has 128 valence electrons. The number of thiazole rings is 1. The molecule has 24 heavy (non-hydrogen) atoms. The van der Waals surface area contributed by atoms with Gasteiger partial charge in [0.25, 0.3) is 0 Å². The molecule has 1 atom stereocenters. The molecule has 0 N–H and O–H groups in total. The summed E-state index contributed by atoms with van der Waals surface area (Å²) in [6.45, 7) is 5.69. The second kappa shape index (κ2) is 8.40. The molecule has 1 aromatic heterocycles. The highest BCUT2D eigenvalue weighted by atomic mass is 32.1. The van der Waals surface area contributed by atoms with Crippen molar-refractivity contribution in [2.24, 2.45) is 0 Å². The number of hydrogen-bond acceptors (Lipinski definition) is 4. The van der Waals surface area contributed by atoms with E-state index in [1.54, 1.807) is 11.3 Å². The largest absolute Gasteiger partial charge is 0.334 e. The van der Waals surface area contributed by atoms with Crippen molar-refractivity contribution in [3.8, 4) is 0 Å². The lowest BCUT2D eigenvalue weighted by Crippen LogP contribution is -2.42. The molecule has 0 unspecified atom stereocenters. The number of amides is 1. The second-order valence-corrected chi connectivity index (χ2v) is 7.07. The maximum absolute atomic E-state index is 12.7. The van der Waals surface area contributed by atoms with Crippen LogP contribution in [0.25, 0.3) is 0 Å². The average molecular weight is 343 g/mol. The Bertz CT molecular complexity index is 629. The van der Waals surface area contributed by atoms with Crippen molar-refractivity contribution >= 4 is 17.2 Å². The van der Waals surface area contributed by atoms with E-state index < -0.39 is 0 Å². The van der Waals surface area contributed by atoms with Gasteiger partial charge in [-0.15, -0.1) is 11.3 Å². The molecule has 0 spiro atoms. The molecule has 2 heterocycles. The standard InChI is InChI=1S/C19H25N3OS/c1-2-18-13-21(10-8-17-14-24-15-20-17)11-9-19(23)22(18)12-16-6-4-3-5-7-16/h3-7,14-15,18H,2,8-13H2,1H3/t18-/m0/s1. The van der Waals surface area contributed by atoms with Gasteiger partial charge in [0.05, 0.1) is 11.2 Å². The van der Waals surface area contributed by atoms with E-state index in [4.69, 9.17) is 0 Å². The molecule has 1 saturated heterocycles. The van der Waals surface area contributed by atoms with Gasteiger partial charge in [-0.05, 0) is 12.0 Å². The lowest BCUT2D eigenvalue weighted by Gasteiger charge is -2.31. The molecule has 1 fully saturated rings. The number of nitrogens with zero attached hydrogens (tertiary/aromatic N) is 3. The zero-order chi connectivity index (χ0) is 16.8. The summed E-state index contributed by atoms with van der Waals surface area (Å²) >= 11 is 1.65. The van der Waals surface area contributed by atoms with Gasteiger partial charge in [0.1, 0.15) is 0 Å². The third kappa shape index (κ3) is 4.42. The highest BCUT2D eigenvalue weighted by Crippen LogP contribution is 2.18. The Labute approximate surface area is 148 Å². The van der Waals surface area contributed by atoms with Crippen molar-refractivity contribution < 1.29 is 4.79 Å². The minimum Gasteiger partial charge on any atom is -0.334 e. The van der Waals surface area contributed by atoms with Crippen LogP contribution in [-0.4, -0.2) is 46.4 Å². The lowest BCUT2D eigenvalue weighted by atomic mass is 10.1. The van der Waals surface area contributed by atoms with E-state index in [0.717, 1.165) is 44.7 Å². The number of carbonyl (C=O) groups excluding carboxylic acids is 1. The fourth-order valence-corrected chi connectivity index (χ4v) is 3.87. The summed E-state index contributed by atoms with van der Waals surface area (Å²) in [5, 5.41) is 2.11. The Morgan fingerprint density at radius 2 is 2.12 bits per heavy atom. The molecule has 0 saturated carbocycles. The fourth-order valence-electron chi connectivity index (χ4n) is 3.27. The van der Waals surface area contributed by atoms with Gasteiger partial charge in [0.15, 0.2) is 0 Å². The highest BCUT2D eigenvalue weighted by molar-refractivity contribution is 7.07. The fraction of sp³-hybridized carbons (Fsp3) is 0.474. The summed E-state index contributed by atoms with van der Waals surface area (Å²) in [6, 6.07) is 10.6. The monoisotopic (exact) mass is 343 g/mol. The molecular formula is C19H25N3OS. The molecular weight excluding hydrogens is 318 g/mol. The number of rotatable bonds is 6. The van der Waals surface area contributed by atoms with Gasteiger partial charge in [-0.2, -0.15) is 0 Å². The van der Waals surface area contributed by atoms with Crippen LogP contribution in [-0.2, 0) is 17.8 Å². The van der Waals surface area contributed by atoms with Crippen molar-refractivity contribution in [3.05, 3.63) is 52.5 Å². The van der Waals surface area contributed by atoms with Crippen LogP contribution < -0.4 is 0 Å².